The number of nitrogens with one attached hydrogen (secondary N) is 1. The summed E-state index contributed by atoms with van der Waals surface area (Å²) in [4.78, 5) is 35.6. The van der Waals surface area contributed by atoms with Crippen molar-refractivity contribution in [3.05, 3.63) is 74.5 Å². The Morgan fingerprint density at radius 1 is 1.13 bits per heavy atom. The third-order valence-electron chi connectivity index (χ3n) is 4.22. The molecule has 1 N–H and O–H groups in total. The third-order valence-corrected chi connectivity index (χ3v) is 5.12. The van der Waals surface area contributed by atoms with Crippen molar-refractivity contribution in [2.24, 2.45) is 0 Å². The van der Waals surface area contributed by atoms with E-state index < -0.39 is 23.4 Å². The van der Waals surface area contributed by atoms with E-state index >= 15 is 0 Å². The van der Waals surface area contributed by atoms with Gasteiger partial charge in [-0.3, -0.25) is 14.9 Å². The fourth-order valence-corrected chi connectivity index (χ4v) is 3.51. The van der Waals surface area contributed by atoms with Gasteiger partial charge in [0.1, 0.15) is 16.3 Å². The van der Waals surface area contributed by atoms with Gasteiger partial charge in [-0.15, -0.1) is 11.3 Å². The van der Waals surface area contributed by atoms with Crippen LogP contribution in [-0.2, 0) is 9.53 Å². The predicted octanol–water partition coefficient (Wildman–Crippen LogP) is 4.44. The summed E-state index contributed by atoms with van der Waals surface area (Å²) in [7, 11) is 1.38. The number of esters is 1. The molecule has 3 rings (SSSR count). The molecule has 0 spiro atoms. The van der Waals surface area contributed by atoms with E-state index in [0.29, 0.717) is 4.88 Å². The zero-order valence-corrected chi connectivity index (χ0v) is 17.0. The first-order valence-electron chi connectivity index (χ1n) is 8.83. The van der Waals surface area contributed by atoms with Crippen LogP contribution in [0.1, 0.15) is 15.2 Å². The van der Waals surface area contributed by atoms with Crippen molar-refractivity contribution in [3.8, 4) is 16.9 Å². The van der Waals surface area contributed by atoms with Crippen molar-refractivity contribution >= 4 is 34.6 Å². The fraction of sp³-hybridized carbons (Fsp3) is 0.143. The molecule has 9 heteroatoms. The van der Waals surface area contributed by atoms with Gasteiger partial charge >= 0.3 is 5.97 Å². The Morgan fingerprint density at radius 3 is 2.53 bits per heavy atom. The van der Waals surface area contributed by atoms with Crippen LogP contribution in [0.2, 0.25) is 0 Å². The number of thiophene rings is 1. The van der Waals surface area contributed by atoms with Gasteiger partial charge in [-0.25, -0.2) is 4.79 Å². The fourth-order valence-electron chi connectivity index (χ4n) is 2.71. The Hall–Kier alpha value is -3.72. The van der Waals surface area contributed by atoms with Crippen molar-refractivity contribution in [3.63, 3.8) is 0 Å². The number of nitrogens with zero attached hydrogens (tertiary/aromatic N) is 1. The second kappa shape index (κ2) is 9.19. The van der Waals surface area contributed by atoms with E-state index in [9.17, 15) is 19.7 Å². The highest BCUT2D eigenvalue weighted by molar-refractivity contribution is 7.12. The number of benzene rings is 2. The van der Waals surface area contributed by atoms with E-state index in [1.165, 1.54) is 36.6 Å². The molecule has 1 amide bonds. The van der Waals surface area contributed by atoms with Crippen LogP contribution < -0.4 is 10.1 Å². The summed E-state index contributed by atoms with van der Waals surface area (Å²) >= 11 is 1.21. The van der Waals surface area contributed by atoms with Crippen molar-refractivity contribution in [2.75, 3.05) is 19.0 Å². The van der Waals surface area contributed by atoms with Crippen molar-refractivity contribution in [1.29, 1.82) is 0 Å². The van der Waals surface area contributed by atoms with Crippen LogP contribution in [0, 0.1) is 17.0 Å². The molecule has 0 fully saturated rings. The minimum atomic E-state index is -0.690. The van der Waals surface area contributed by atoms with Crippen LogP contribution in [0.25, 0.3) is 11.1 Å². The minimum absolute atomic E-state index is 0.0154. The number of methoxy groups -OCH3 is 1. The summed E-state index contributed by atoms with van der Waals surface area (Å²) in [6, 6.07) is 13.5. The summed E-state index contributed by atoms with van der Waals surface area (Å²) in [5.74, 6) is -1.04. The second-order valence-corrected chi connectivity index (χ2v) is 7.21. The van der Waals surface area contributed by atoms with Gasteiger partial charge in [0.15, 0.2) is 6.61 Å². The molecular formula is C21H18N2O6S. The highest BCUT2D eigenvalue weighted by Gasteiger charge is 2.20. The van der Waals surface area contributed by atoms with E-state index in [2.05, 4.69) is 5.32 Å². The predicted molar refractivity (Wildman–Crippen MR) is 113 cm³/mol. The number of rotatable bonds is 7. The molecule has 0 bridgehead atoms. The van der Waals surface area contributed by atoms with Crippen LogP contribution >= 0.6 is 11.3 Å². The first kappa shape index (κ1) is 21.0. The van der Waals surface area contributed by atoms with Crippen LogP contribution in [0.4, 0.5) is 11.4 Å². The molecule has 0 aliphatic heterocycles. The molecule has 154 valence electrons. The molecule has 0 unspecified atom stereocenters. The van der Waals surface area contributed by atoms with E-state index in [0.717, 1.165) is 16.7 Å². The summed E-state index contributed by atoms with van der Waals surface area (Å²) in [5, 5.41) is 15.4. The number of carbonyl (C=O) groups is 2. The van der Waals surface area contributed by atoms with Crippen molar-refractivity contribution in [1.82, 2.24) is 0 Å². The van der Waals surface area contributed by atoms with Crippen LogP contribution in [0.5, 0.6) is 5.75 Å². The lowest BCUT2D eigenvalue weighted by atomic mass is 10.1. The zero-order valence-electron chi connectivity index (χ0n) is 16.2. The van der Waals surface area contributed by atoms with Crippen LogP contribution in [-0.4, -0.2) is 30.5 Å². The Balaban J connectivity index is 1.66. The number of hydrogen-bond donors (Lipinski definition) is 1. The molecule has 0 aliphatic rings. The highest BCUT2D eigenvalue weighted by atomic mass is 32.1. The Labute approximate surface area is 176 Å². The standard InChI is InChI=1S/C21H18N2O6S/c1-13-3-5-14(6-4-13)16-9-10-30-20(16)21(25)29-12-19(24)22-17-8-7-15(28-2)11-18(17)23(26)27/h3-11H,12H2,1-2H3,(H,22,24). The summed E-state index contributed by atoms with van der Waals surface area (Å²) < 4.78 is 10.1. The van der Waals surface area contributed by atoms with Crippen LogP contribution in [0.15, 0.2) is 53.9 Å². The van der Waals surface area contributed by atoms with Gasteiger partial charge in [0, 0.05) is 5.56 Å². The average molecular weight is 426 g/mol. The lowest BCUT2D eigenvalue weighted by molar-refractivity contribution is -0.384. The van der Waals surface area contributed by atoms with E-state index in [1.807, 2.05) is 37.3 Å². The molecule has 1 aromatic heterocycles. The maximum Gasteiger partial charge on any atom is 0.349 e. The zero-order chi connectivity index (χ0) is 21.7. The van der Waals surface area contributed by atoms with Gasteiger partial charge < -0.3 is 14.8 Å². The highest BCUT2D eigenvalue weighted by Crippen LogP contribution is 2.30. The Morgan fingerprint density at radius 2 is 1.87 bits per heavy atom. The molecule has 0 saturated heterocycles. The molecule has 3 aromatic rings. The molecule has 2 aromatic carbocycles. The topological polar surface area (TPSA) is 108 Å². The quantitative estimate of drug-likeness (QED) is 0.340. The minimum Gasteiger partial charge on any atom is -0.496 e. The molecule has 30 heavy (non-hydrogen) atoms. The largest absolute Gasteiger partial charge is 0.496 e. The molecule has 0 saturated carbocycles. The third kappa shape index (κ3) is 4.81. The van der Waals surface area contributed by atoms with E-state index in [1.54, 1.807) is 5.38 Å². The summed E-state index contributed by atoms with van der Waals surface area (Å²) in [5.41, 5.74) is 2.35. The van der Waals surface area contributed by atoms with E-state index in [-0.39, 0.29) is 17.1 Å². The van der Waals surface area contributed by atoms with Crippen molar-refractivity contribution in [2.45, 2.75) is 6.92 Å². The SMILES string of the molecule is COc1ccc(NC(=O)COC(=O)c2sccc2-c2ccc(C)cc2)c([N+](=O)[O-])c1. The monoisotopic (exact) mass is 426 g/mol. The van der Waals surface area contributed by atoms with Gasteiger partial charge in [0.2, 0.25) is 0 Å². The van der Waals surface area contributed by atoms with E-state index in [4.69, 9.17) is 9.47 Å². The number of hydrogen-bond acceptors (Lipinski definition) is 7. The average Bonchev–Trinajstić information content (AvgIpc) is 3.22. The number of nitro groups is 1. The Kier molecular flexibility index (Phi) is 6.43. The molecule has 0 radical (unpaired) electrons. The second-order valence-electron chi connectivity index (χ2n) is 6.29. The molecule has 0 aliphatic carbocycles. The number of anilines is 1. The van der Waals surface area contributed by atoms with Crippen LogP contribution in [0.3, 0.4) is 0 Å². The number of aryl methyl sites for hydroxylation is 1. The van der Waals surface area contributed by atoms with Gasteiger partial charge in [-0.1, -0.05) is 29.8 Å². The lowest BCUT2D eigenvalue weighted by Gasteiger charge is -2.09. The van der Waals surface area contributed by atoms with Crippen molar-refractivity contribution < 1.29 is 24.0 Å². The number of ether oxygens (including phenoxy) is 2. The Bertz CT molecular complexity index is 1090. The number of carbonyl (C=O) groups excluding carboxylic acids is 2. The summed E-state index contributed by atoms with van der Waals surface area (Å²) in [6.45, 7) is 1.39. The van der Waals surface area contributed by atoms with Gasteiger partial charge in [0.05, 0.1) is 18.1 Å². The molecule has 1 heterocycles. The smallest absolute Gasteiger partial charge is 0.349 e. The summed E-state index contributed by atoms with van der Waals surface area (Å²) in [6.07, 6.45) is 0. The maximum absolute atomic E-state index is 12.5. The molecular weight excluding hydrogens is 408 g/mol. The lowest BCUT2D eigenvalue weighted by Crippen LogP contribution is -2.21. The molecule has 0 atom stereocenters. The number of nitro benzene ring substituents is 1. The first-order chi connectivity index (χ1) is 14.4. The van der Waals surface area contributed by atoms with Gasteiger partial charge in [-0.05, 0) is 36.1 Å². The first-order valence-corrected chi connectivity index (χ1v) is 9.71. The van der Waals surface area contributed by atoms with Gasteiger partial charge in [-0.2, -0.15) is 0 Å². The molecule has 8 nitrogen and oxygen atoms in total. The maximum atomic E-state index is 12.5. The van der Waals surface area contributed by atoms with Gasteiger partial charge in [0.25, 0.3) is 11.6 Å². The normalized spacial score (nSPS) is 10.3. The number of amides is 1.